The normalized spacial score (nSPS) is 17.2. The van der Waals surface area contributed by atoms with E-state index in [2.05, 4.69) is 40.6 Å². The van der Waals surface area contributed by atoms with Crippen LogP contribution in [-0.2, 0) is 4.79 Å². The number of nitrogens with zero attached hydrogens (tertiary/aromatic N) is 5. The van der Waals surface area contributed by atoms with Crippen molar-refractivity contribution in [3.05, 3.63) is 66.2 Å². The maximum absolute atomic E-state index is 12.2. The van der Waals surface area contributed by atoms with Crippen molar-refractivity contribution in [3.63, 3.8) is 0 Å². The summed E-state index contributed by atoms with van der Waals surface area (Å²) in [5.41, 5.74) is 9.81. The number of aromatic nitrogens is 4. The Morgan fingerprint density at radius 2 is 2.19 bits per heavy atom. The van der Waals surface area contributed by atoms with Crippen molar-refractivity contribution in [3.8, 4) is 11.3 Å². The van der Waals surface area contributed by atoms with Gasteiger partial charge in [-0.05, 0) is 37.5 Å². The number of nitrogen functional groups attached to an aromatic ring is 1. The van der Waals surface area contributed by atoms with Crippen LogP contribution in [0, 0.1) is 0 Å². The van der Waals surface area contributed by atoms with E-state index in [-0.39, 0.29) is 11.9 Å². The zero-order chi connectivity index (χ0) is 22.7. The molecule has 164 valence electrons. The fraction of sp³-hybridized carbons (Fsp3) is 0.250. The number of carbonyl (C=O) groups excluding carboxylic acids is 1. The molecule has 32 heavy (non-hydrogen) atoms. The van der Waals surface area contributed by atoms with Crippen LogP contribution < -0.4 is 5.73 Å². The number of nitrogens with two attached hydrogens (primary N) is 1. The summed E-state index contributed by atoms with van der Waals surface area (Å²) < 4.78 is 1.91. The van der Waals surface area contributed by atoms with Crippen LogP contribution in [0.3, 0.4) is 0 Å². The summed E-state index contributed by atoms with van der Waals surface area (Å²) in [6.45, 7) is 10.7. The van der Waals surface area contributed by atoms with Crippen LogP contribution in [0.15, 0.2) is 61.3 Å². The van der Waals surface area contributed by atoms with Crippen molar-refractivity contribution >= 4 is 39.7 Å². The Labute approximate surface area is 191 Å². The van der Waals surface area contributed by atoms with Crippen LogP contribution in [-0.4, -0.2) is 43.6 Å². The molecule has 1 aliphatic rings. The molecule has 1 saturated heterocycles. The zero-order valence-electron chi connectivity index (χ0n) is 18.1. The fourth-order valence-electron chi connectivity index (χ4n) is 4.04. The third kappa shape index (κ3) is 4.01. The summed E-state index contributed by atoms with van der Waals surface area (Å²) in [4.78, 5) is 23.8. The van der Waals surface area contributed by atoms with Crippen molar-refractivity contribution in [2.75, 3.05) is 18.8 Å². The Hall–Kier alpha value is -3.52. The van der Waals surface area contributed by atoms with Gasteiger partial charge in [-0.2, -0.15) is 5.10 Å². The van der Waals surface area contributed by atoms with Gasteiger partial charge < -0.3 is 10.6 Å². The standard InChI is InChI=1S/C24H26N6OS/c1-4-7-9-16(5-2)19-12-17(14-32-19)22-21-23(25)26-15-27-24(21)30(28-22)18-10-8-11-29(13-18)20(31)6-3/h4-7,9,12,14-15,18H,1,3,8,10-11,13H2,2H3,(H2,25,26,27)/b9-7-,16-5+. The van der Waals surface area contributed by atoms with E-state index in [1.54, 1.807) is 17.4 Å². The number of rotatable bonds is 6. The van der Waals surface area contributed by atoms with Gasteiger partial charge in [-0.1, -0.05) is 37.5 Å². The summed E-state index contributed by atoms with van der Waals surface area (Å²) in [5, 5.41) is 7.77. The molecular formula is C24H26N6OS. The highest BCUT2D eigenvalue weighted by Gasteiger charge is 2.28. The number of likely N-dealkylation sites (tertiary alicyclic amines) is 1. The molecule has 0 aliphatic carbocycles. The fourth-order valence-corrected chi connectivity index (χ4v) is 4.99. The Bertz CT molecular complexity index is 1230. The minimum Gasteiger partial charge on any atom is -0.383 e. The molecule has 1 unspecified atom stereocenters. The molecule has 1 atom stereocenters. The molecular weight excluding hydrogens is 420 g/mol. The molecule has 2 N–H and O–H groups in total. The molecule has 0 bridgehead atoms. The molecule has 3 aromatic heterocycles. The minimum absolute atomic E-state index is 0.0120. The third-order valence-corrected chi connectivity index (χ3v) is 6.61. The van der Waals surface area contributed by atoms with Gasteiger partial charge in [0.05, 0.1) is 11.4 Å². The van der Waals surface area contributed by atoms with Crippen molar-refractivity contribution < 1.29 is 4.79 Å². The van der Waals surface area contributed by atoms with Crippen molar-refractivity contribution in [2.24, 2.45) is 0 Å². The largest absolute Gasteiger partial charge is 0.383 e. The van der Waals surface area contributed by atoms with E-state index in [1.807, 2.05) is 28.7 Å². The summed E-state index contributed by atoms with van der Waals surface area (Å²) in [6, 6.07) is 2.12. The van der Waals surface area contributed by atoms with E-state index < -0.39 is 0 Å². The number of thiophene rings is 1. The first kappa shape index (κ1) is 21.7. The highest BCUT2D eigenvalue weighted by Crippen LogP contribution is 2.37. The van der Waals surface area contributed by atoms with E-state index in [0.717, 1.165) is 46.5 Å². The van der Waals surface area contributed by atoms with Crippen LogP contribution in [0.1, 0.15) is 30.7 Å². The molecule has 0 saturated carbocycles. The SMILES string of the molecule is C=C/C=C\C(=C/C)c1cc(-c2nn(C3CCCN(C(=O)C=C)C3)c3ncnc(N)c23)cs1. The Morgan fingerprint density at radius 1 is 1.34 bits per heavy atom. The predicted molar refractivity (Wildman–Crippen MR) is 131 cm³/mol. The molecule has 0 radical (unpaired) electrons. The lowest BCUT2D eigenvalue weighted by Crippen LogP contribution is -2.40. The van der Waals surface area contributed by atoms with Gasteiger partial charge in [0, 0.05) is 28.9 Å². The van der Waals surface area contributed by atoms with Crippen molar-refractivity contribution in [2.45, 2.75) is 25.8 Å². The molecule has 0 spiro atoms. The van der Waals surface area contributed by atoms with Crippen molar-refractivity contribution in [1.82, 2.24) is 24.6 Å². The average Bonchev–Trinajstić information content (AvgIpc) is 3.45. The summed E-state index contributed by atoms with van der Waals surface area (Å²) in [6.07, 6.45) is 12.4. The summed E-state index contributed by atoms with van der Waals surface area (Å²) in [5.74, 6) is 0.339. The van der Waals surface area contributed by atoms with Crippen LogP contribution >= 0.6 is 11.3 Å². The number of anilines is 1. The van der Waals surface area contributed by atoms with Crippen LogP contribution in [0.5, 0.6) is 0 Å². The van der Waals surface area contributed by atoms with Gasteiger partial charge in [-0.15, -0.1) is 11.3 Å². The van der Waals surface area contributed by atoms with E-state index in [9.17, 15) is 4.79 Å². The first-order chi connectivity index (χ1) is 15.6. The van der Waals surface area contributed by atoms with Crippen molar-refractivity contribution in [1.29, 1.82) is 0 Å². The molecule has 1 fully saturated rings. The van der Waals surface area contributed by atoms with Gasteiger partial charge in [0.25, 0.3) is 0 Å². The van der Waals surface area contributed by atoms with Gasteiger partial charge in [-0.25, -0.2) is 14.6 Å². The van der Waals surface area contributed by atoms with Gasteiger partial charge >= 0.3 is 0 Å². The van der Waals surface area contributed by atoms with Crippen LogP contribution in [0.25, 0.3) is 27.9 Å². The predicted octanol–water partition coefficient (Wildman–Crippen LogP) is 4.63. The lowest BCUT2D eigenvalue weighted by molar-refractivity contribution is -0.127. The number of fused-ring (bicyclic) bond motifs is 1. The summed E-state index contributed by atoms with van der Waals surface area (Å²) in [7, 11) is 0. The first-order valence-corrected chi connectivity index (χ1v) is 11.4. The third-order valence-electron chi connectivity index (χ3n) is 5.63. The molecule has 0 aromatic carbocycles. The number of hydrogen-bond donors (Lipinski definition) is 1. The maximum Gasteiger partial charge on any atom is 0.246 e. The van der Waals surface area contributed by atoms with Gasteiger partial charge in [0.1, 0.15) is 17.8 Å². The van der Waals surface area contributed by atoms with E-state index in [1.165, 1.54) is 12.4 Å². The molecule has 7 nitrogen and oxygen atoms in total. The zero-order valence-corrected chi connectivity index (χ0v) is 18.9. The molecule has 1 amide bonds. The van der Waals surface area contributed by atoms with Gasteiger partial charge in [0.15, 0.2) is 5.65 Å². The highest BCUT2D eigenvalue weighted by molar-refractivity contribution is 7.11. The molecule has 8 heteroatoms. The lowest BCUT2D eigenvalue weighted by atomic mass is 10.1. The quantitative estimate of drug-likeness (QED) is 0.440. The second-order valence-corrected chi connectivity index (χ2v) is 8.48. The molecule has 4 rings (SSSR count). The number of piperidine rings is 1. The maximum atomic E-state index is 12.2. The smallest absolute Gasteiger partial charge is 0.246 e. The van der Waals surface area contributed by atoms with E-state index in [0.29, 0.717) is 18.0 Å². The van der Waals surface area contributed by atoms with Crippen LogP contribution in [0.4, 0.5) is 5.82 Å². The number of amides is 1. The average molecular weight is 447 g/mol. The van der Waals surface area contributed by atoms with E-state index in [4.69, 9.17) is 10.8 Å². The lowest BCUT2D eigenvalue weighted by Gasteiger charge is -2.32. The van der Waals surface area contributed by atoms with Gasteiger partial charge in [0.2, 0.25) is 5.91 Å². The van der Waals surface area contributed by atoms with Crippen LogP contribution in [0.2, 0.25) is 0 Å². The number of hydrogen-bond acceptors (Lipinski definition) is 6. The summed E-state index contributed by atoms with van der Waals surface area (Å²) >= 11 is 1.65. The molecule has 3 aromatic rings. The minimum atomic E-state index is -0.0607. The second kappa shape index (κ2) is 9.32. The monoisotopic (exact) mass is 446 g/mol. The van der Waals surface area contributed by atoms with E-state index >= 15 is 0 Å². The highest BCUT2D eigenvalue weighted by atomic mass is 32.1. The Morgan fingerprint density at radius 3 is 2.94 bits per heavy atom. The Kier molecular flexibility index (Phi) is 6.32. The topological polar surface area (TPSA) is 89.9 Å². The molecule has 1 aliphatic heterocycles. The first-order valence-electron chi connectivity index (χ1n) is 10.5. The number of allylic oxidation sites excluding steroid dienone is 5. The molecule has 4 heterocycles. The Balaban J connectivity index is 1.78. The van der Waals surface area contributed by atoms with Gasteiger partial charge in [-0.3, -0.25) is 4.79 Å². The second-order valence-electron chi connectivity index (χ2n) is 7.57. The number of carbonyl (C=O) groups is 1.